The molecule has 1 saturated heterocycles. The minimum Gasteiger partial charge on any atom is -0.493 e. The van der Waals surface area contributed by atoms with Gasteiger partial charge in [-0.1, -0.05) is 29.3 Å². The number of hydrogen-bond acceptors (Lipinski definition) is 4. The molecule has 0 aliphatic carbocycles. The van der Waals surface area contributed by atoms with E-state index in [0.29, 0.717) is 40.3 Å². The van der Waals surface area contributed by atoms with Crippen LogP contribution in [0.3, 0.4) is 0 Å². The van der Waals surface area contributed by atoms with Crippen molar-refractivity contribution in [1.29, 1.82) is 0 Å². The van der Waals surface area contributed by atoms with Crippen molar-refractivity contribution in [1.82, 2.24) is 5.32 Å². The third-order valence-corrected chi connectivity index (χ3v) is 4.87. The molecular weight excluding hydrogens is 389 g/mol. The average molecular weight is 410 g/mol. The fourth-order valence-corrected chi connectivity index (χ4v) is 3.22. The fraction of sp³-hybridized carbons (Fsp3) is 0.350. The lowest BCUT2D eigenvalue weighted by Gasteiger charge is -2.15. The summed E-state index contributed by atoms with van der Waals surface area (Å²) < 4.78 is 16.8. The maximum Gasteiger partial charge on any atom is 0.253 e. The molecular formula is C20H21Cl2NO4. The molecule has 0 aromatic heterocycles. The third-order valence-electron chi connectivity index (χ3n) is 4.30. The van der Waals surface area contributed by atoms with Crippen LogP contribution in [0.25, 0.3) is 0 Å². The summed E-state index contributed by atoms with van der Waals surface area (Å²) in [7, 11) is 1.59. The van der Waals surface area contributed by atoms with Crippen LogP contribution in [0.5, 0.6) is 11.5 Å². The first-order chi connectivity index (χ1) is 13.1. The molecule has 0 saturated carbocycles. The number of nitrogens with one attached hydrogen (secondary N) is 1. The highest BCUT2D eigenvalue weighted by molar-refractivity contribution is 6.35. The van der Waals surface area contributed by atoms with Crippen LogP contribution in [0.1, 0.15) is 28.8 Å². The lowest BCUT2D eigenvalue weighted by Crippen LogP contribution is -2.23. The Bertz CT molecular complexity index is 807. The quantitative estimate of drug-likeness (QED) is 0.731. The van der Waals surface area contributed by atoms with Crippen LogP contribution in [0, 0.1) is 0 Å². The number of carbonyl (C=O) groups excluding carboxylic acids is 1. The molecule has 7 heteroatoms. The molecule has 0 bridgehead atoms. The molecule has 1 N–H and O–H groups in total. The first-order valence-electron chi connectivity index (χ1n) is 8.71. The van der Waals surface area contributed by atoms with E-state index in [0.717, 1.165) is 25.0 Å². The van der Waals surface area contributed by atoms with Crippen molar-refractivity contribution in [3.63, 3.8) is 0 Å². The Morgan fingerprint density at radius 1 is 1.22 bits per heavy atom. The third kappa shape index (κ3) is 5.28. The van der Waals surface area contributed by atoms with E-state index in [1.807, 2.05) is 18.2 Å². The van der Waals surface area contributed by atoms with Gasteiger partial charge in [0.2, 0.25) is 0 Å². The van der Waals surface area contributed by atoms with Crippen molar-refractivity contribution in [2.45, 2.75) is 25.5 Å². The van der Waals surface area contributed by atoms with Crippen LogP contribution in [0.2, 0.25) is 10.0 Å². The highest BCUT2D eigenvalue weighted by Gasteiger charge is 2.17. The molecule has 27 heavy (non-hydrogen) atoms. The van der Waals surface area contributed by atoms with Gasteiger partial charge < -0.3 is 19.5 Å². The summed E-state index contributed by atoms with van der Waals surface area (Å²) in [6.45, 7) is 1.62. The van der Waals surface area contributed by atoms with Gasteiger partial charge in [0.05, 0.1) is 23.8 Å². The molecule has 0 spiro atoms. The zero-order chi connectivity index (χ0) is 19.2. The second-order valence-corrected chi connectivity index (χ2v) is 7.08. The topological polar surface area (TPSA) is 56.8 Å². The molecule has 2 aromatic rings. The van der Waals surface area contributed by atoms with Gasteiger partial charge in [-0.2, -0.15) is 0 Å². The van der Waals surface area contributed by atoms with Gasteiger partial charge in [-0.25, -0.2) is 0 Å². The normalized spacial score (nSPS) is 16.2. The molecule has 1 aliphatic rings. The average Bonchev–Trinajstić information content (AvgIpc) is 3.20. The van der Waals surface area contributed by atoms with E-state index in [1.54, 1.807) is 25.3 Å². The molecule has 1 heterocycles. The number of carbonyl (C=O) groups is 1. The van der Waals surface area contributed by atoms with Gasteiger partial charge in [0, 0.05) is 18.2 Å². The first kappa shape index (κ1) is 19.8. The molecule has 144 valence electrons. The van der Waals surface area contributed by atoms with E-state index in [9.17, 15) is 4.79 Å². The van der Waals surface area contributed by atoms with Gasteiger partial charge in [0.1, 0.15) is 6.61 Å². The van der Waals surface area contributed by atoms with Crippen molar-refractivity contribution < 1.29 is 19.0 Å². The van der Waals surface area contributed by atoms with E-state index >= 15 is 0 Å². The number of methoxy groups -OCH3 is 1. The summed E-state index contributed by atoms with van der Waals surface area (Å²) in [4.78, 5) is 12.3. The monoisotopic (exact) mass is 409 g/mol. The highest BCUT2D eigenvalue weighted by atomic mass is 35.5. The van der Waals surface area contributed by atoms with Crippen LogP contribution in [0.4, 0.5) is 0 Å². The fourth-order valence-electron chi connectivity index (χ4n) is 2.85. The van der Waals surface area contributed by atoms with Crippen LogP contribution in [0.15, 0.2) is 36.4 Å². The Morgan fingerprint density at radius 3 is 2.81 bits per heavy atom. The van der Waals surface area contributed by atoms with Gasteiger partial charge in [-0.05, 0) is 48.7 Å². The van der Waals surface area contributed by atoms with Crippen molar-refractivity contribution in [3.05, 3.63) is 57.6 Å². The number of ether oxygens (including phenoxy) is 3. The Kier molecular flexibility index (Phi) is 6.83. The van der Waals surface area contributed by atoms with Gasteiger partial charge >= 0.3 is 0 Å². The molecule has 1 aliphatic heterocycles. The predicted molar refractivity (Wildman–Crippen MR) is 105 cm³/mol. The smallest absolute Gasteiger partial charge is 0.253 e. The maximum atomic E-state index is 12.3. The number of halogens is 2. The standard InChI is InChI=1S/C20H21Cl2NO4/c1-25-19-9-13(4-7-18(19)27-12-15-3-2-8-26-15)11-23-20(24)16-10-14(21)5-6-17(16)22/h4-7,9-10,15H,2-3,8,11-12H2,1H3,(H,23,24)/t15-/m0/s1. The maximum absolute atomic E-state index is 12.3. The van der Waals surface area contributed by atoms with Gasteiger partial charge in [0.25, 0.3) is 5.91 Å². The van der Waals surface area contributed by atoms with E-state index in [-0.39, 0.29) is 12.0 Å². The first-order valence-corrected chi connectivity index (χ1v) is 9.47. The summed E-state index contributed by atoms with van der Waals surface area (Å²) in [5, 5.41) is 3.64. The van der Waals surface area contributed by atoms with Gasteiger partial charge in [-0.3, -0.25) is 4.79 Å². The summed E-state index contributed by atoms with van der Waals surface area (Å²) in [6, 6.07) is 10.3. The summed E-state index contributed by atoms with van der Waals surface area (Å²) >= 11 is 12.0. The predicted octanol–water partition coefficient (Wildman–Crippen LogP) is 4.49. The van der Waals surface area contributed by atoms with Crippen molar-refractivity contribution in [3.8, 4) is 11.5 Å². The summed E-state index contributed by atoms with van der Waals surface area (Å²) in [5.41, 5.74) is 1.22. The van der Waals surface area contributed by atoms with Crippen molar-refractivity contribution >= 4 is 29.1 Å². The minimum absolute atomic E-state index is 0.135. The summed E-state index contributed by atoms with van der Waals surface area (Å²) in [6.07, 6.45) is 2.22. The van der Waals surface area contributed by atoms with Crippen LogP contribution < -0.4 is 14.8 Å². The lowest BCUT2D eigenvalue weighted by molar-refractivity contribution is 0.0669. The van der Waals surface area contributed by atoms with Crippen molar-refractivity contribution in [2.75, 3.05) is 20.3 Å². The van der Waals surface area contributed by atoms with Crippen LogP contribution >= 0.6 is 23.2 Å². The van der Waals surface area contributed by atoms with Gasteiger partial charge in [-0.15, -0.1) is 0 Å². The van der Waals surface area contributed by atoms with E-state index < -0.39 is 0 Å². The number of benzene rings is 2. The largest absolute Gasteiger partial charge is 0.493 e. The van der Waals surface area contributed by atoms with Crippen LogP contribution in [-0.2, 0) is 11.3 Å². The number of rotatable bonds is 7. The lowest BCUT2D eigenvalue weighted by atomic mass is 10.1. The molecule has 3 rings (SSSR count). The molecule has 1 amide bonds. The molecule has 5 nitrogen and oxygen atoms in total. The van der Waals surface area contributed by atoms with Crippen LogP contribution in [-0.4, -0.2) is 32.3 Å². The Labute approximate surface area is 168 Å². The molecule has 1 atom stereocenters. The van der Waals surface area contributed by atoms with Gasteiger partial charge in [0.15, 0.2) is 11.5 Å². The van der Waals surface area contributed by atoms with E-state index in [1.165, 1.54) is 0 Å². The second kappa shape index (κ2) is 9.31. The van der Waals surface area contributed by atoms with E-state index in [4.69, 9.17) is 37.4 Å². The molecule has 0 radical (unpaired) electrons. The molecule has 2 aromatic carbocycles. The Hall–Kier alpha value is -1.95. The minimum atomic E-state index is -0.292. The SMILES string of the molecule is COc1cc(CNC(=O)c2cc(Cl)ccc2Cl)ccc1OC[C@@H]1CCCO1. The van der Waals surface area contributed by atoms with E-state index in [2.05, 4.69) is 5.32 Å². The Morgan fingerprint density at radius 2 is 2.07 bits per heavy atom. The van der Waals surface area contributed by atoms with Crippen molar-refractivity contribution in [2.24, 2.45) is 0 Å². The number of hydrogen-bond donors (Lipinski definition) is 1. The summed E-state index contributed by atoms with van der Waals surface area (Å²) in [5.74, 6) is 0.974. The Balaban J connectivity index is 1.61. The number of amides is 1. The molecule has 1 fully saturated rings. The second-order valence-electron chi connectivity index (χ2n) is 6.24. The molecule has 0 unspecified atom stereocenters. The zero-order valence-electron chi connectivity index (χ0n) is 15.0. The zero-order valence-corrected chi connectivity index (χ0v) is 16.5. The highest BCUT2D eigenvalue weighted by Crippen LogP contribution is 2.29.